The number of ether oxygens (including phenoxy) is 1. The molecule has 0 atom stereocenters. The van der Waals surface area contributed by atoms with Crippen LogP contribution >= 0.6 is 11.6 Å². The molecule has 3 aromatic rings. The van der Waals surface area contributed by atoms with Gasteiger partial charge in [-0.15, -0.1) is 0 Å². The zero-order valence-corrected chi connectivity index (χ0v) is 16.2. The number of amides is 1. The van der Waals surface area contributed by atoms with Crippen LogP contribution in [0.1, 0.15) is 25.0 Å². The van der Waals surface area contributed by atoms with Crippen LogP contribution in [0.2, 0.25) is 5.02 Å². The minimum absolute atomic E-state index is 0.0767. The number of para-hydroxylation sites is 1. The van der Waals surface area contributed by atoms with Crippen molar-refractivity contribution in [3.8, 4) is 5.75 Å². The number of nitrogens with one attached hydrogen (secondary N) is 1. The monoisotopic (exact) mass is 379 g/mol. The quantitative estimate of drug-likeness (QED) is 0.598. The Bertz CT molecular complexity index is 905. The van der Waals surface area contributed by atoms with Crippen LogP contribution < -0.4 is 10.1 Å². The lowest BCUT2D eigenvalue weighted by Crippen LogP contribution is -2.21. The van der Waals surface area contributed by atoms with Gasteiger partial charge in [0.2, 0.25) is 0 Å². The highest BCUT2D eigenvalue weighted by atomic mass is 35.5. The van der Waals surface area contributed by atoms with Gasteiger partial charge in [0.15, 0.2) is 6.61 Å². The van der Waals surface area contributed by atoms with E-state index in [-0.39, 0.29) is 17.9 Å². The molecule has 4 heteroatoms. The summed E-state index contributed by atoms with van der Waals surface area (Å²) in [5, 5.41) is 3.24. The van der Waals surface area contributed by atoms with Crippen LogP contribution in [-0.2, 0) is 10.2 Å². The summed E-state index contributed by atoms with van der Waals surface area (Å²) in [6, 6.07) is 25.3. The highest BCUT2D eigenvalue weighted by molar-refractivity contribution is 6.33. The first-order valence-electron chi connectivity index (χ1n) is 8.80. The smallest absolute Gasteiger partial charge is 0.262 e. The molecule has 0 radical (unpaired) electrons. The third kappa shape index (κ3) is 4.69. The standard InChI is InChI=1S/C23H22ClNO2/c1-23(2,17-8-4-3-5-9-17)18-12-14-19(15-13-18)27-16-22(26)25-21-11-7-6-10-20(21)24/h3-15H,16H2,1-2H3,(H,25,26). The Kier molecular flexibility index (Phi) is 5.82. The number of halogens is 1. The van der Waals surface area contributed by atoms with Crippen LogP contribution in [-0.4, -0.2) is 12.5 Å². The molecule has 0 bridgehead atoms. The van der Waals surface area contributed by atoms with Crippen molar-refractivity contribution in [3.05, 3.63) is 95.0 Å². The molecular weight excluding hydrogens is 358 g/mol. The van der Waals surface area contributed by atoms with Crippen molar-refractivity contribution >= 4 is 23.2 Å². The fourth-order valence-electron chi connectivity index (χ4n) is 2.89. The van der Waals surface area contributed by atoms with Gasteiger partial charge in [0, 0.05) is 5.41 Å². The Hall–Kier alpha value is -2.78. The Morgan fingerprint density at radius 1 is 0.889 bits per heavy atom. The molecule has 0 spiro atoms. The van der Waals surface area contributed by atoms with Crippen molar-refractivity contribution in [1.29, 1.82) is 0 Å². The Morgan fingerprint density at radius 2 is 1.48 bits per heavy atom. The van der Waals surface area contributed by atoms with E-state index in [1.165, 1.54) is 11.1 Å². The predicted molar refractivity (Wildman–Crippen MR) is 111 cm³/mol. The first-order chi connectivity index (χ1) is 13.0. The number of hydrogen-bond donors (Lipinski definition) is 1. The van der Waals surface area contributed by atoms with Crippen molar-refractivity contribution < 1.29 is 9.53 Å². The Balaban J connectivity index is 1.61. The zero-order chi connectivity index (χ0) is 19.3. The summed E-state index contributed by atoms with van der Waals surface area (Å²) in [6.45, 7) is 4.30. The van der Waals surface area contributed by atoms with E-state index in [1.807, 2.05) is 54.6 Å². The number of rotatable bonds is 6. The normalized spacial score (nSPS) is 11.1. The topological polar surface area (TPSA) is 38.3 Å². The van der Waals surface area contributed by atoms with Crippen LogP contribution in [0, 0.1) is 0 Å². The van der Waals surface area contributed by atoms with E-state index in [4.69, 9.17) is 16.3 Å². The number of benzene rings is 3. The van der Waals surface area contributed by atoms with E-state index in [9.17, 15) is 4.79 Å². The second kappa shape index (κ2) is 8.28. The highest BCUT2D eigenvalue weighted by Gasteiger charge is 2.22. The van der Waals surface area contributed by atoms with Gasteiger partial charge in [-0.1, -0.05) is 80.0 Å². The molecule has 138 valence electrons. The van der Waals surface area contributed by atoms with Gasteiger partial charge < -0.3 is 10.1 Å². The summed E-state index contributed by atoms with van der Waals surface area (Å²) in [6.07, 6.45) is 0. The fraction of sp³-hybridized carbons (Fsp3) is 0.174. The van der Waals surface area contributed by atoms with Crippen molar-refractivity contribution in [3.63, 3.8) is 0 Å². The summed E-state index contributed by atoms with van der Waals surface area (Å²) in [5.41, 5.74) is 2.90. The Morgan fingerprint density at radius 3 is 2.15 bits per heavy atom. The van der Waals surface area contributed by atoms with Crippen LogP contribution in [0.4, 0.5) is 5.69 Å². The first-order valence-corrected chi connectivity index (χ1v) is 9.18. The van der Waals surface area contributed by atoms with Gasteiger partial charge in [0.25, 0.3) is 5.91 Å². The van der Waals surface area contributed by atoms with Crippen LogP contribution in [0.3, 0.4) is 0 Å². The van der Waals surface area contributed by atoms with Gasteiger partial charge in [-0.2, -0.15) is 0 Å². The lowest BCUT2D eigenvalue weighted by molar-refractivity contribution is -0.118. The lowest BCUT2D eigenvalue weighted by atomic mass is 9.78. The van der Waals surface area contributed by atoms with Gasteiger partial charge in [-0.3, -0.25) is 4.79 Å². The van der Waals surface area contributed by atoms with E-state index in [0.717, 1.165) is 0 Å². The predicted octanol–water partition coefficient (Wildman–Crippen LogP) is 5.68. The maximum Gasteiger partial charge on any atom is 0.262 e. The molecule has 0 heterocycles. The van der Waals surface area contributed by atoms with Crippen molar-refractivity contribution in [2.24, 2.45) is 0 Å². The molecule has 0 aliphatic heterocycles. The molecule has 27 heavy (non-hydrogen) atoms. The second-order valence-corrected chi connectivity index (χ2v) is 7.24. The van der Waals surface area contributed by atoms with Gasteiger partial charge in [0.1, 0.15) is 5.75 Å². The molecule has 0 aliphatic rings. The SMILES string of the molecule is CC(C)(c1ccccc1)c1ccc(OCC(=O)Nc2ccccc2Cl)cc1. The third-order valence-electron chi connectivity index (χ3n) is 4.59. The van der Waals surface area contributed by atoms with E-state index in [0.29, 0.717) is 16.5 Å². The van der Waals surface area contributed by atoms with Crippen LogP contribution in [0.5, 0.6) is 5.75 Å². The largest absolute Gasteiger partial charge is 0.484 e. The van der Waals surface area contributed by atoms with E-state index < -0.39 is 0 Å². The molecule has 3 nitrogen and oxygen atoms in total. The summed E-state index contributed by atoms with van der Waals surface area (Å²) >= 11 is 6.04. The maximum absolute atomic E-state index is 12.1. The molecule has 1 N–H and O–H groups in total. The molecule has 3 aromatic carbocycles. The average molecular weight is 380 g/mol. The summed E-state index contributed by atoms with van der Waals surface area (Å²) in [7, 11) is 0. The maximum atomic E-state index is 12.1. The van der Waals surface area contributed by atoms with Crippen molar-refractivity contribution in [2.45, 2.75) is 19.3 Å². The number of carbonyl (C=O) groups is 1. The minimum atomic E-state index is -0.253. The third-order valence-corrected chi connectivity index (χ3v) is 4.92. The van der Waals surface area contributed by atoms with E-state index in [2.05, 4.69) is 31.3 Å². The van der Waals surface area contributed by atoms with Crippen LogP contribution in [0.25, 0.3) is 0 Å². The molecule has 0 aromatic heterocycles. The number of carbonyl (C=O) groups excluding carboxylic acids is 1. The van der Waals surface area contributed by atoms with Gasteiger partial charge in [0.05, 0.1) is 10.7 Å². The molecule has 0 saturated heterocycles. The number of anilines is 1. The fourth-order valence-corrected chi connectivity index (χ4v) is 3.07. The molecular formula is C23H22ClNO2. The van der Waals surface area contributed by atoms with Gasteiger partial charge in [-0.25, -0.2) is 0 Å². The molecule has 1 amide bonds. The second-order valence-electron chi connectivity index (χ2n) is 6.83. The van der Waals surface area contributed by atoms with Gasteiger partial charge >= 0.3 is 0 Å². The minimum Gasteiger partial charge on any atom is -0.484 e. The van der Waals surface area contributed by atoms with E-state index in [1.54, 1.807) is 12.1 Å². The summed E-state index contributed by atoms with van der Waals surface area (Å²) < 4.78 is 5.60. The van der Waals surface area contributed by atoms with Gasteiger partial charge in [-0.05, 0) is 35.4 Å². The highest BCUT2D eigenvalue weighted by Crippen LogP contribution is 2.32. The zero-order valence-electron chi connectivity index (χ0n) is 15.4. The first kappa shape index (κ1) is 19.0. The summed E-state index contributed by atoms with van der Waals surface area (Å²) in [5.74, 6) is 0.397. The average Bonchev–Trinajstić information content (AvgIpc) is 2.69. The molecule has 0 aliphatic carbocycles. The Labute approximate surface area is 164 Å². The lowest BCUT2D eigenvalue weighted by Gasteiger charge is -2.26. The molecule has 0 fully saturated rings. The van der Waals surface area contributed by atoms with Crippen LogP contribution in [0.15, 0.2) is 78.9 Å². The van der Waals surface area contributed by atoms with Crippen molar-refractivity contribution in [1.82, 2.24) is 0 Å². The molecule has 0 saturated carbocycles. The van der Waals surface area contributed by atoms with Crippen molar-refractivity contribution in [2.75, 3.05) is 11.9 Å². The molecule has 0 unspecified atom stereocenters. The molecule has 3 rings (SSSR count). The number of hydrogen-bond acceptors (Lipinski definition) is 2. The summed E-state index contributed by atoms with van der Waals surface area (Å²) in [4.78, 5) is 12.1. The van der Waals surface area contributed by atoms with E-state index >= 15 is 0 Å².